The van der Waals surface area contributed by atoms with Crippen molar-refractivity contribution >= 4 is 46.6 Å². The summed E-state index contributed by atoms with van der Waals surface area (Å²) in [5.41, 5.74) is 1.19. The van der Waals surface area contributed by atoms with Crippen molar-refractivity contribution in [2.75, 3.05) is 0 Å². The smallest absolute Gasteiger partial charge is 0.120 e. The third-order valence-electron chi connectivity index (χ3n) is 4.71. The number of allylic oxidation sites excluding steroid dienone is 2. The van der Waals surface area contributed by atoms with Gasteiger partial charge in [0.05, 0.1) is 0 Å². The average Bonchev–Trinajstić information content (AvgIpc) is 2.88. The van der Waals surface area contributed by atoms with Crippen molar-refractivity contribution in [2.45, 2.75) is 51.4 Å². The molecule has 1 aromatic carbocycles. The number of aldehydes is 1. The third-order valence-corrected chi connectivity index (χ3v) is 5.65. The summed E-state index contributed by atoms with van der Waals surface area (Å²) in [5.74, 6) is 1.16. The molecule has 4 heteroatoms. The minimum absolute atomic E-state index is 0.511. The topological polar surface area (TPSA) is 17.1 Å². The Bertz CT molecular complexity index is 577. The molecule has 1 saturated carbocycles. The van der Waals surface area contributed by atoms with E-state index in [4.69, 9.17) is 35.4 Å². The molecule has 1 aliphatic carbocycles. The second-order valence-electron chi connectivity index (χ2n) is 6.49. The van der Waals surface area contributed by atoms with Crippen molar-refractivity contribution in [2.24, 2.45) is 11.8 Å². The fraction of sp³-hybridized carbons (Fsp3) is 0.500. The molecule has 24 heavy (non-hydrogen) atoms. The van der Waals surface area contributed by atoms with Crippen LogP contribution in [0, 0.1) is 11.8 Å². The monoisotopic (exact) mass is 382 g/mol. The standard InChI is InChI=1S/C20H24Cl2OS/c21-17-12-15(13-18(22)14-17)7-9-19-16(8-10-20(19)24)6-4-2-1-3-5-11-23/h2,4,11-14,16,19H,1,3,5-10H2/b4-2-/t16-,19+/m0/s1. The van der Waals surface area contributed by atoms with Crippen LogP contribution in [0.5, 0.6) is 0 Å². The van der Waals surface area contributed by atoms with Crippen LogP contribution in [0.25, 0.3) is 0 Å². The van der Waals surface area contributed by atoms with Crippen LogP contribution in [-0.2, 0) is 11.2 Å². The molecule has 0 aliphatic heterocycles. The Morgan fingerprint density at radius 2 is 1.88 bits per heavy atom. The van der Waals surface area contributed by atoms with Crippen LogP contribution >= 0.6 is 35.4 Å². The lowest BCUT2D eigenvalue weighted by Gasteiger charge is -2.18. The minimum atomic E-state index is 0.511. The average molecular weight is 383 g/mol. The van der Waals surface area contributed by atoms with Crippen LogP contribution < -0.4 is 0 Å². The number of carbonyl (C=O) groups excluding carboxylic acids is 1. The number of halogens is 2. The summed E-state index contributed by atoms with van der Waals surface area (Å²) in [7, 11) is 0. The SMILES string of the molecule is O=CCCC/C=C\C[C@H]1CCC(=S)[C@@H]1CCc1cc(Cl)cc(Cl)c1. The highest BCUT2D eigenvalue weighted by atomic mass is 35.5. The fourth-order valence-electron chi connectivity index (χ4n) is 3.44. The summed E-state index contributed by atoms with van der Waals surface area (Å²) >= 11 is 17.8. The Morgan fingerprint density at radius 1 is 1.12 bits per heavy atom. The lowest BCUT2D eigenvalue weighted by atomic mass is 9.87. The van der Waals surface area contributed by atoms with Crippen molar-refractivity contribution in [1.82, 2.24) is 0 Å². The summed E-state index contributed by atoms with van der Waals surface area (Å²) in [6, 6.07) is 5.76. The van der Waals surface area contributed by atoms with E-state index in [1.165, 1.54) is 16.8 Å². The van der Waals surface area contributed by atoms with E-state index in [-0.39, 0.29) is 0 Å². The number of unbranched alkanes of at least 4 members (excludes halogenated alkanes) is 2. The number of hydrogen-bond donors (Lipinski definition) is 0. The molecule has 0 saturated heterocycles. The molecular formula is C20H24Cl2OS. The predicted molar refractivity (Wildman–Crippen MR) is 107 cm³/mol. The molecule has 1 fully saturated rings. The predicted octanol–water partition coefficient (Wildman–Crippen LogP) is 6.64. The van der Waals surface area contributed by atoms with Gasteiger partial charge in [-0.05, 0) is 85.4 Å². The zero-order valence-corrected chi connectivity index (χ0v) is 16.2. The molecule has 0 radical (unpaired) electrons. The van der Waals surface area contributed by atoms with E-state index in [9.17, 15) is 4.79 Å². The second kappa shape index (κ2) is 10.3. The summed E-state index contributed by atoms with van der Waals surface area (Å²) < 4.78 is 0. The molecule has 1 aliphatic rings. The summed E-state index contributed by atoms with van der Waals surface area (Å²) in [6.45, 7) is 0. The molecule has 130 valence electrons. The van der Waals surface area contributed by atoms with Crippen LogP contribution in [-0.4, -0.2) is 11.2 Å². The zero-order valence-electron chi connectivity index (χ0n) is 13.8. The quantitative estimate of drug-likeness (QED) is 0.206. The van der Waals surface area contributed by atoms with Gasteiger partial charge in [0.2, 0.25) is 0 Å². The first kappa shape index (κ1) is 19.6. The molecule has 1 nitrogen and oxygen atoms in total. The van der Waals surface area contributed by atoms with Gasteiger partial charge in [-0.3, -0.25) is 0 Å². The van der Waals surface area contributed by atoms with Crippen molar-refractivity contribution < 1.29 is 4.79 Å². The van der Waals surface area contributed by atoms with Gasteiger partial charge in [-0.2, -0.15) is 0 Å². The minimum Gasteiger partial charge on any atom is -0.303 e. The number of benzene rings is 1. The summed E-state index contributed by atoms with van der Waals surface area (Å²) in [6.07, 6.45) is 13.4. The molecule has 0 spiro atoms. The van der Waals surface area contributed by atoms with E-state index in [1.807, 2.05) is 12.1 Å². The van der Waals surface area contributed by atoms with E-state index in [0.717, 1.165) is 44.8 Å². The van der Waals surface area contributed by atoms with Crippen LogP contribution in [0.3, 0.4) is 0 Å². The van der Waals surface area contributed by atoms with E-state index in [0.29, 0.717) is 28.3 Å². The molecule has 0 aromatic heterocycles. The number of rotatable bonds is 9. The maximum Gasteiger partial charge on any atom is 0.120 e. The maximum atomic E-state index is 10.3. The highest BCUT2D eigenvalue weighted by molar-refractivity contribution is 7.80. The molecule has 0 bridgehead atoms. The van der Waals surface area contributed by atoms with Crippen molar-refractivity contribution in [3.8, 4) is 0 Å². The van der Waals surface area contributed by atoms with E-state index in [1.54, 1.807) is 6.07 Å². The summed E-state index contributed by atoms with van der Waals surface area (Å²) in [4.78, 5) is 11.5. The van der Waals surface area contributed by atoms with Crippen molar-refractivity contribution in [1.29, 1.82) is 0 Å². The van der Waals surface area contributed by atoms with Crippen LogP contribution in [0.2, 0.25) is 10.0 Å². The zero-order chi connectivity index (χ0) is 17.4. The van der Waals surface area contributed by atoms with E-state index >= 15 is 0 Å². The van der Waals surface area contributed by atoms with Crippen LogP contribution in [0.15, 0.2) is 30.4 Å². The number of thiocarbonyl (C=S) groups is 1. The first-order valence-corrected chi connectivity index (χ1v) is 9.83. The number of aryl methyl sites for hydroxylation is 1. The number of carbonyl (C=O) groups is 1. The normalized spacial score (nSPS) is 20.8. The molecule has 2 atom stereocenters. The molecule has 0 amide bonds. The molecule has 0 unspecified atom stereocenters. The molecule has 0 heterocycles. The number of hydrogen-bond acceptors (Lipinski definition) is 2. The fourth-order valence-corrected chi connectivity index (χ4v) is 4.44. The van der Waals surface area contributed by atoms with Gasteiger partial charge in [-0.15, -0.1) is 0 Å². The van der Waals surface area contributed by atoms with Gasteiger partial charge in [-0.25, -0.2) is 0 Å². The Hall–Kier alpha value is -0.700. The molecular weight excluding hydrogens is 359 g/mol. The Morgan fingerprint density at radius 3 is 2.58 bits per heavy atom. The molecule has 0 N–H and O–H groups in total. The van der Waals surface area contributed by atoms with Gasteiger partial charge in [0.1, 0.15) is 6.29 Å². The lowest BCUT2D eigenvalue weighted by Crippen LogP contribution is -2.14. The first-order valence-electron chi connectivity index (χ1n) is 8.66. The second-order valence-corrected chi connectivity index (χ2v) is 7.89. The van der Waals surface area contributed by atoms with Gasteiger partial charge >= 0.3 is 0 Å². The van der Waals surface area contributed by atoms with Crippen molar-refractivity contribution in [3.63, 3.8) is 0 Å². The largest absolute Gasteiger partial charge is 0.303 e. The molecule has 1 aromatic rings. The van der Waals surface area contributed by atoms with Gasteiger partial charge in [-0.1, -0.05) is 47.6 Å². The van der Waals surface area contributed by atoms with Gasteiger partial charge < -0.3 is 4.79 Å². The van der Waals surface area contributed by atoms with Crippen LogP contribution in [0.4, 0.5) is 0 Å². The highest BCUT2D eigenvalue weighted by Gasteiger charge is 2.30. The third kappa shape index (κ3) is 6.31. The van der Waals surface area contributed by atoms with Crippen molar-refractivity contribution in [3.05, 3.63) is 46.0 Å². The Kier molecular flexibility index (Phi) is 8.44. The highest BCUT2D eigenvalue weighted by Crippen LogP contribution is 2.36. The lowest BCUT2D eigenvalue weighted by molar-refractivity contribution is -0.107. The van der Waals surface area contributed by atoms with Crippen LogP contribution in [0.1, 0.15) is 50.5 Å². The molecule has 2 rings (SSSR count). The van der Waals surface area contributed by atoms with Gasteiger partial charge in [0.25, 0.3) is 0 Å². The van der Waals surface area contributed by atoms with Gasteiger partial charge in [0.15, 0.2) is 0 Å². The van der Waals surface area contributed by atoms with Gasteiger partial charge in [0, 0.05) is 16.5 Å². The van der Waals surface area contributed by atoms with E-state index in [2.05, 4.69) is 12.2 Å². The maximum absolute atomic E-state index is 10.3. The summed E-state index contributed by atoms with van der Waals surface area (Å²) in [5, 5.41) is 1.39. The van der Waals surface area contributed by atoms with E-state index < -0.39 is 0 Å². The Balaban J connectivity index is 1.84. The first-order chi connectivity index (χ1) is 11.6. The Labute approximate surface area is 160 Å².